The highest BCUT2D eigenvalue weighted by Gasteiger charge is 2.36. The minimum absolute atomic E-state index is 1.20. The summed E-state index contributed by atoms with van der Waals surface area (Å²) in [5.41, 5.74) is 21.6. The summed E-state index contributed by atoms with van der Waals surface area (Å²) in [5, 5.41) is 5.47. The van der Waals surface area contributed by atoms with Gasteiger partial charge in [0, 0.05) is 0 Å². The monoisotopic (exact) mass is 578 g/mol. The second kappa shape index (κ2) is 8.81. The maximum Gasteiger partial charge on any atom is -0.00134 e. The van der Waals surface area contributed by atoms with Gasteiger partial charge in [0.25, 0.3) is 0 Å². The van der Waals surface area contributed by atoms with Crippen molar-refractivity contribution < 1.29 is 0 Å². The van der Waals surface area contributed by atoms with Crippen LogP contribution < -0.4 is 0 Å². The van der Waals surface area contributed by atoms with Crippen LogP contribution in [-0.2, 0) is 0 Å². The molecule has 7 aromatic carbocycles. The lowest BCUT2D eigenvalue weighted by Gasteiger charge is -2.24. The second-order valence-electron chi connectivity index (χ2n) is 12.9. The van der Waals surface area contributed by atoms with Crippen molar-refractivity contribution in [2.24, 2.45) is 0 Å². The highest BCUT2D eigenvalue weighted by Crippen LogP contribution is 2.57. The lowest BCUT2D eigenvalue weighted by molar-refractivity contribution is 1.46. The van der Waals surface area contributed by atoms with Crippen LogP contribution in [0.25, 0.3) is 68.1 Å². The van der Waals surface area contributed by atoms with E-state index in [2.05, 4.69) is 158 Å². The Morgan fingerprint density at radius 2 is 0.587 bits per heavy atom. The minimum Gasteiger partial charge on any atom is -0.0610 e. The van der Waals surface area contributed by atoms with Crippen molar-refractivity contribution in [2.45, 2.75) is 0 Å². The van der Waals surface area contributed by atoms with Crippen molar-refractivity contribution >= 4 is 68.1 Å². The highest BCUT2D eigenvalue weighted by molar-refractivity contribution is 6.28. The zero-order valence-electron chi connectivity index (χ0n) is 25.0. The average Bonchev–Trinajstić information content (AvgIpc) is 3.54. The zero-order valence-corrected chi connectivity index (χ0v) is 25.0. The van der Waals surface area contributed by atoms with Crippen molar-refractivity contribution in [3.8, 4) is 0 Å². The van der Waals surface area contributed by atoms with Gasteiger partial charge in [0.05, 0.1) is 0 Å². The van der Waals surface area contributed by atoms with E-state index in [0.29, 0.717) is 0 Å². The summed E-state index contributed by atoms with van der Waals surface area (Å²) in [7, 11) is 0. The molecule has 0 heteroatoms. The van der Waals surface area contributed by atoms with Crippen molar-refractivity contribution in [3.63, 3.8) is 0 Å². The van der Waals surface area contributed by atoms with Crippen molar-refractivity contribution in [3.05, 3.63) is 200 Å². The SMILES string of the molecule is C(=C\c1ccc2c(c1)C1=C2c2cccc3cccc1c23)/c1ccc(/C=C/c2ccc3c(c2)C2=C3c3cccc4cccc2c34)cc1. The summed E-state index contributed by atoms with van der Waals surface area (Å²) in [6.45, 7) is 0. The first-order valence-electron chi connectivity index (χ1n) is 16.1. The van der Waals surface area contributed by atoms with Gasteiger partial charge in [0.1, 0.15) is 0 Å². The molecule has 0 nitrogen and oxygen atoms in total. The third-order valence-electron chi connectivity index (χ3n) is 10.4. The molecule has 4 aliphatic rings. The number of benzene rings is 7. The molecule has 0 N–H and O–H groups in total. The summed E-state index contributed by atoms with van der Waals surface area (Å²) in [5.74, 6) is 0. The molecule has 0 fully saturated rings. The molecule has 0 heterocycles. The Bertz CT molecular complexity index is 2460. The molecule has 0 radical (unpaired) electrons. The molecule has 0 unspecified atom stereocenters. The first-order valence-corrected chi connectivity index (χ1v) is 16.1. The quantitative estimate of drug-likeness (QED) is 0.182. The molecule has 4 aliphatic carbocycles. The van der Waals surface area contributed by atoms with Crippen LogP contribution in [0.1, 0.15) is 66.8 Å². The van der Waals surface area contributed by atoms with Crippen LogP contribution in [0.3, 0.4) is 0 Å². The van der Waals surface area contributed by atoms with Crippen LogP contribution in [0.4, 0.5) is 0 Å². The summed E-state index contributed by atoms with van der Waals surface area (Å²) in [6.07, 6.45) is 8.91. The topological polar surface area (TPSA) is 0 Å². The smallest absolute Gasteiger partial charge is 0.00134 e. The van der Waals surface area contributed by atoms with Gasteiger partial charge < -0.3 is 0 Å². The van der Waals surface area contributed by atoms with Crippen LogP contribution in [0.5, 0.6) is 0 Å². The second-order valence-corrected chi connectivity index (χ2v) is 12.9. The van der Waals surface area contributed by atoms with Crippen molar-refractivity contribution in [1.82, 2.24) is 0 Å². The molecule has 210 valence electrons. The first-order chi connectivity index (χ1) is 22.8. The lowest BCUT2D eigenvalue weighted by Crippen LogP contribution is -2.04. The molecule has 0 spiro atoms. The molecule has 0 saturated carbocycles. The molecule has 0 aromatic heterocycles. The van der Waals surface area contributed by atoms with Gasteiger partial charge in [-0.3, -0.25) is 0 Å². The molecule has 0 atom stereocenters. The van der Waals surface area contributed by atoms with Gasteiger partial charge >= 0.3 is 0 Å². The molecule has 46 heavy (non-hydrogen) atoms. The largest absolute Gasteiger partial charge is 0.0610 e. The van der Waals surface area contributed by atoms with E-state index < -0.39 is 0 Å². The van der Waals surface area contributed by atoms with Gasteiger partial charge in [-0.05, 0) is 123 Å². The number of fused-ring (bicyclic) bond motifs is 10. The maximum atomic E-state index is 2.35. The van der Waals surface area contributed by atoms with E-state index >= 15 is 0 Å². The van der Waals surface area contributed by atoms with E-state index in [1.165, 1.54) is 111 Å². The fourth-order valence-corrected chi connectivity index (χ4v) is 8.33. The third-order valence-corrected chi connectivity index (χ3v) is 10.4. The maximum absolute atomic E-state index is 2.35. The van der Waals surface area contributed by atoms with Crippen LogP contribution in [-0.4, -0.2) is 0 Å². The Morgan fingerprint density at radius 3 is 0.978 bits per heavy atom. The Kier molecular flexibility index (Phi) is 4.66. The summed E-state index contributed by atoms with van der Waals surface area (Å²) >= 11 is 0. The minimum atomic E-state index is 1.20. The zero-order chi connectivity index (χ0) is 29.9. The Labute approximate surface area is 267 Å². The molecule has 11 rings (SSSR count). The van der Waals surface area contributed by atoms with Gasteiger partial charge in [0.2, 0.25) is 0 Å². The van der Waals surface area contributed by atoms with E-state index in [1.54, 1.807) is 0 Å². The lowest BCUT2D eigenvalue weighted by atomic mass is 9.78. The van der Waals surface area contributed by atoms with Crippen LogP contribution in [0.2, 0.25) is 0 Å². The normalized spacial score (nSPS) is 14.6. The molecule has 0 aliphatic heterocycles. The predicted octanol–water partition coefficient (Wildman–Crippen LogP) is 11.6. The van der Waals surface area contributed by atoms with Crippen molar-refractivity contribution in [2.75, 3.05) is 0 Å². The van der Waals surface area contributed by atoms with Gasteiger partial charge in [0.15, 0.2) is 0 Å². The van der Waals surface area contributed by atoms with Crippen LogP contribution in [0.15, 0.2) is 133 Å². The highest BCUT2D eigenvalue weighted by atomic mass is 14.4. The fraction of sp³-hybridized carbons (Fsp3) is 0. The molecular weight excluding hydrogens is 553 g/mol. The third kappa shape index (κ3) is 3.18. The Hall–Kier alpha value is -5.98. The average molecular weight is 579 g/mol. The molecule has 0 bridgehead atoms. The molecule has 7 aromatic rings. The fourth-order valence-electron chi connectivity index (χ4n) is 8.33. The Balaban J connectivity index is 0.822. The number of hydrogen-bond donors (Lipinski definition) is 0. The van der Waals surface area contributed by atoms with E-state index in [4.69, 9.17) is 0 Å². The predicted molar refractivity (Wildman–Crippen MR) is 195 cm³/mol. The van der Waals surface area contributed by atoms with E-state index in [9.17, 15) is 0 Å². The number of hydrogen-bond acceptors (Lipinski definition) is 0. The van der Waals surface area contributed by atoms with E-state index in [0.717, 1.165) is 0 Å². The Morgan fingerprint density at radius 1 is 0.261 bits per heavy atom. The summed E-state index contributed by atoms with van der Waals surface area (Å²) in [6, 6.07) is 49.4. The van der Waals surface area contributed by atoms with Crippen molar-refractivity contribution in [1.29, 1.82) is 0 Å². The summed E-state index contributed by atoms with van der Waals surface area (Å²) < 4.78 is 0. The first kappa shape index (κ1) is 24.4. The van der Waals surface area contributed by atoms with Gasteiger partial charge in [-0.2, -0.15) is 0 Å². The van der Waals surface area contributed by atoms with Crippen LogP contribution >= 0.6 is 0 Å². The molecular formula is C46H26. The van der Waals surface area contributed by atoms with E-state index in [1.807, 2.05) is 0 Å². The van der Waals surface area contributed by atoms with Crippen LogP contribution in [0, 0.1) is 0 Å². The van der Waals surface area contributed by atoms with Gasteiger partial charge in [-0.25, -0.2) is 0 Å². The van der Waals surface area contributed by atoms with E-state index in [-0.39, 0.29) is 0 Å². The summed E-state index contributed by atoms with van der Waals surface area (Å²) in [4.78, 5) is 0. The van der Waals surface area contributed by atoms with Gasteiger partial charge in [-0.15, -0.1) is 0 Å². The van der Waals surface area contributed by atoms with Gasteiger partial charge in [-0.1, -0.05) is 146 Å². The molecule has 0 saturated heterocycles. The molecule has 0 amide bonds. The standard InChI is InChI=1S/C46H26/c1-5-31-7-3-11-37-41(31)35(9-1)43-33-23-21-29(25-39(33)45(37)43)19-17-27-13-15-28(16-14-27)18-20-30-22-24-34-40(26-30)46-38-12-4-8-32-6-2-10-36(42(32)38)44(34)46/h1-26H/b19-17+,20-18+. The number of rotatable bonds is 4.